The van der Waals surface area contributed by atoms with Crippen LogP contribution >= 0.6 is 11.3 Å². The van der Waals surface area contributed by atoms with Crippen molar-refractivity contribution < 1.29 is 4.79 Å². The third-order valence-corrected chi connectivity index (χ3v) is 5.56. The van der Waals surface area contributed by atoms with Crippen molar-refractivity contribution in [3.05, 3.63) is 29.2 Å². The van der Waals surface area contributed by atoms with Gasteiger partial charge in [-0.1, -0.05) is 0 Å². The maximum absolute atomic E-state index is 12.6. The molecule has 0 bridgehead atoms. The van der Waals surface area contributed by atoms with Crippen LogP contribution in [0.15, 0.2) is 18.6 Å². The number of fused-ring (bicyclic) bond motifs is 1. The molecule has 6 nitrogen and oxygen atoms in total. The Bertz CT molecular complexity index is 680. The predicted molar refractivity (Wildman–Crippen MR) is 89.7 cm³/mol. The van der Waals surface area contributed by atoms with Crippen molar-refractivity contribution in [2.45, 2.75) is 32.1 Å². The van der Waals surface area contributed by atoms with Crippen molar-refractivity contribution >= 4 is 28.2 Å². The molecule has 1 fully saturated rings. The van der Waals surface area contributed by atoms with Crippen LogP contribution in [0.3, 0.4) is 0 Å². The molecule has 1 aliphatic carbocycles. The lowest BCUT2D eigenvalue weighted by atomic mass is 9.97. The summed E-state index contributed by atoms with van der Waals surface area (Å²) in [6, 6.07) is 0. The van der Waals surface area contributed by atoms with E-state index < -0.39 is 0 Å². The summed E-state index contributed by atoms with van der Waals surface area (Å²) in [5, 5.41) is 3.78. The zero-order valence-electron chi connectivity index (χ0n) is 12.9. The van der Waals surface area contributed by atoms with E-state index in [0.717, 1.165) is 43.2 Å². The van der Waals surface area contributed by atoms with E-state index in [0.29, 0.717) is 6.54 Å². The first-order chi connectivity index (χ1) is 11.3. The first-order valence-corrected chi connectivity index (χ1v) is 8.91. The number of nitrogens with zero attached hydrogens (tertiary/aromatic N) is 4. The molecule has 1 amide bonds. The second-order valence-electron chi connectivity index (χ2n) is 6.08. The molecule has 1 saturated heterocycles. The fourth-order valence-corrected chi connectivity index (χ4v) is 4.36. The number of thiazole rings is 1. The Balaban J connectivity index is 1.41. The van der Waals surface area contributed by atoms with Crippen LogP contribution in [0.2, 0.25) is 0 Å². The number of nitrogens with one attached hydrogen (secondary N) is 1. The van der Waals surface area contributed by atoms with Gasteiger partial charge in [0, 0.05) is 30.4 Å². The molecule has 2 aromatic heterocycles. The molecule has 1 aliphatic heterocycles. The van der Waals surface area contributed by atoms with Crippen LogP contribution in [0.5, 0.6) is 0 Å². The van der Waals surface area contributed by atoms with E-state index in [4.69, 9.17) is 0 Å². The maximum Gasteiger partial charge on any atom is 0.231 e. The lowest BCUT2D eigenvalue weighted by molar-refractivity contribution is -0.120. The molecule has 0 saturated carbocycles. The van der Waals surface area contributed by atoms with Crippen molar-refractivity contribution in [3.8, 4) is 0 Å². The summed E-state index contributed by atoms with van der Waals surface area (Å²) in [6.07, 6.45) is 10.4. The SMILES string of the molecule is O=C(Nc1nc2c(s1)CCC2)C1CCCN(c2cnccn2)C1. The molecule has 2 aliphatic rings. The minimum absolute atomic E-state index is 0.0236. The van der Waals surface area contributed by atoms with Crippen molar-refractivity contribution in [3.63, 3.8) is 0 Å². The number of carbonyl (C=O) groups excluding carboxylic acids is 1. The van der Waals surface area contributed by atoms with Crippen molar-refractivity contribution in [2.24, 2.45) is 5.92 Å². The molecule has 1 atom stereocenters. The normalized spacial score (nSPS) is 20.3. The summed E-state index contributed by atoms with van der Waals surface area (Å²) in [5.41, 5.74) is 1.18. The maximum atomic E-state index is 12.6. The first kappa shape index (κ1) is 14.6. The van der Waals surface area contributed by atoms with Crippen LogP contribution in [-0.4, -0.2) is 33.9 Å². The number of piperidine rings is 1. The van der Waals surface area contributed by atoms with E-state index in [1.807, 2.05) is 0 Å². The molecule has 2 aromatic rings. The minimum atomic E-state index is -0.0236. The average Bonchev–Trinajstić information content (AvgIpc) is 3.17. The number of aryl methyl sites for hydroxylation is 2. The molecular formula is C16H19N5OS. The molecule has 120 valence electrons. The number of amides is 1. The van der Waals surface area contributed by atoms with Crippen molar-refractivity contribution in [2.75, 3.05) is 23.3 Å². The third-order valence-electron chi connectivity index (χ3n) is 4.49. The minimum Gasteiger partial charge on any atom is -0.355 e. The molecule has 3 heterocycles. The molecule has 23 heavy (non-hydrogen) atoms. The molecule has 7 heteroatoms. The highest BCUT2D eigenvalue weighted by Gasteiger charge is 2.27. The van der Waals surface area contributed by atoms with Gasteiger partial charge in [0.1, 0.15) is 5.82 Å². The van der Waals surface area contributed by atoms with Crippen LogP contribution in [0.25, 0.3) is 0 Å². The van der Waals surface area contributed by atoms with Gasteiger partial charge in [0.05, 0.1) is 17.8 Å². The highest BCUT2D eigenvalue weighted by Crippen LogP contribution is 2.31. The molecule has 1 unspecified atom stereocenters. The van der Waals surface area contributed by atoms with Crippen molar-refractivity contribution in [1.29, 1.82) is 0 Å². The van der Waals surface area contributed by atoms with Gasteiger partial charge in [-0.15, -0.1) is 11.3 Å². The summed E-state index contributed by atoms with van der Waals surface area (Å²) in [4.78, 5) is 29.0. The Hall–Kier alpha value is -2.02. The van der Waals surface area contributed by atoms with E-state index >= 15 is 0 Å². The Morgan fingerprint density at radius 2 is 2.26 bits per heavy atom. The number of hydrogen-bond acceptors (Lipinski definition) is 6. The number of aromatic nitrogens is 3. The predicted octanol–water partition coefficient (Wildman–Crippen LogP) is 2.28. The first-order valence-electron chi connectivity index (χ1n) is 8.10. The van der Waals surface area contributed by atoms with Crippen LogP contribution in [0, 0.1) is 5.92 Å². The van der Waals surface area contributed by atoms with Gasteiger partial charge < -0.3 is 10.2 Å². The summed E-state index contributed by atoms with van der Waals surface area (Å²) in [5.74, 6) is 0.897. The van der Waals surface area contributed by atoms with Gasteiger partial charge in [-0.05, 0) is 32.1 Å². The Labute approximate surface area is 139 Å². The van der Waals surface area contributed by atoms with Gasteiger partial charge in [-0.3, -0.25) is 9.78 Å². The summed E-state index contributed by atoms with van der Waals surface area (Å²) in [6.45, 7) is 1.61. The van der Waals surface area contributed by atoms with E-state index in [9.17, 15) is 4.79 Å². The smallest absolute Gasteiger partial charge is 0.231 e. The van der Waals surface area contributed by atoms with Gasteiger partial charge in [0.2, 0.25) is 5.91 Å². The third kappa shape index (κ3) is 3.06. The number of rotatable bonds is 3. The zero-order valence-corrected chi connectivity index (χ0v) is 13.7. The van der Waals surface area contributed by atoms with Gasteiger partial charge in [0.25, 0.3) is 0 Å². The van der Waals surface area contributed by atoms with Gasteiger partial charge in [0.15, 0.2) is 5.13 Å². The van der Waals surface area contributed by atoms with Gasteiger partial charge in [-0.25, -0.2) is 9.97 Å². The van der Waals surface area contributed by atoms with Crippen LogP contribution in [-0.2, 0) is 17.6 Å². The Morgan fingerprint density at radius 1 is 1.30 bits per heavy atom. The number of hydrogen-bond donors (Lipinski definition) is 1. The highest BCUT2D eigenvalue weighted by molar-refractivity contribution is 7.15. The lowest BCUT2D eigenvalue weighted by Crippen LogP contribution is -2.41. The summed E-state index contributed by atoms with van der Waals surface area (Å²) < 4.78 is 0. The largest absolute Gasteiger partial charge is 0.355 e. The zero-order chi connectivity index (χ0) is 15.6. The van der Waals surface area contributed by atoms with Gasteiger partial charge >= 0.3 is 0 Å². The molecular weight excluding hydrogens is 310 g/mol. The topological polar surface area (TPSA) is 71.0 Å². The fourth-order valence-electron chi connectivity index (χ4n) is 3.31. The second kappa shape index (κ2) is 6.23. The Morgan fingerprint density at radius 3 is 3.09 bits per heavy atom. The van der Waals surface area contributed by atoms with E-state index in [1.54, 1.807) is 29.9 Å². The second-order valence-corrected chi connectivity index (χ2v) is 7.16. The average molecular weight is 329 g/mol. The highest BCUT2D eigenvalue weighted by atomic mass is 32.1. The Kier molecular flexibility index (Phi) is 3.95. The molecule has 0 aromatic carbocycles. The summed E-state index contributed by atoms with van der Waals surface area (Å²) >= 11 is 1.63. The van der Waals surface area contributed by atoms with Crippen LogP contribution in [0.4, 0.5) is 10.9 Å². The lowest BCUT2D eigenvalue weighted by Gasteiger charge is -2.32. The fraction of sp³-hybridized carbons (Fsp3) is 0.500. The van der Waals surface area contributed by atoms with Gasteiger partial charge in [-0.2, -0.15) is 0 Å². The molecule has 0 radical (unpaired) electrons. The van der Waals surface area contributed by atoms with E-state index in [-0.39, 0.29) is 11.8 Å². The van der Waals surface area contributed by atoms with E-state index in [1.165, 1.54) is 17.0 Å². The monoisotopic (exact) mass is 329 g/mol. The number of anilines is 2. The van der Waals surface area contributed by atoms with E-state index in [2.05, 4.69) is 25.2 Å². The standard InChI is InChI=1S/C16H19N5OS/c22-15(20-16-19-12-4-1-5-13(12)23-16)11-3-2-8-21(10-11)14-9-17-6-7-18-14/h6-7,9,11H,1-5,8,10H2,(H,19,20,22). The molecule has 4 rings (SSSR count). The summed E-state index contributed by atoms with van der Waals surface area (Å²) in [7, 11) is 0. The quantitative estimate of drug-likeness (QED) is 0.935. The van der Waals surface area contributed by atoms with Crippen LogP contribution in [0.1, 0.15) is 29.8 Å². The number of carbonyl (C=O) groups is 1. The van der Waals surface area contributed by atoms with Crippen molar-refractivity contribution in [1.82, 2.24) is 15.0 Å². The molecule has 1 N–H and O–H groups in total. The van der Waals surface area contributed by atoms with Crippen LogP contribution < -0.4 is 10.2 Å². The molecule has 0 spiro atoms.